The first-order valence-electron chi connectivity index (χ1n) is 5.76. The van der Waals surface area contributed by atoms with E-state index in [0.717, 1.165) is 0 Å². The predicted octanol–water partition coefficient (Wildman–Crippen LogP) is 2.01. The van der Waals surface area contributed by atoms with E-state index in [-0.39, 0.29) is 23.9 Å². The van der Waals surface area contributed by atoms with E-state index in [1.807, 2.05) is 0 Å². The maximum atomic E-state index is 11.9. The zero-order valence-electron chi connectivity index (χ0n) is 11.5. The normalized spacial score (nSPS) is 13.4. The van der Waals surface area contributed by atoms with Crippen LogP contribution in [0.15, 0.2) is 0 Å². The van der Waals surface area contributed by atoms with Crippen molar-refractivity contribution in [3.05, 3.63) is 0 Å². The summed E-state index contributed by atoms with van der Waals surface area (Å²) in [5, 5.41) is 0. The van der Waals surface area contributed by atoms with Crippen molar-refractivity contribution in [2.75, 3.05) is 7.11 Å². The second-order valence-corrected chi connectivity index (χ2v) is 5.51. The monoisotopic (exact) mass is 242 g/mol. The van der Waals surface area contributed by atoms with Crippen LogP contribution in [0, 0.1) is 17.3 Å². The molecule has 1 unspecified atom stereocenters. The molecule has 17 heavy (non-hydrogen) atoms. The van der Waals surface area contributed by atoms with Gasteiger partial charge in [0.05, 0.1) is 7.11 Å². The Balaban J connectivity index is 4.92. The molecule has 0 bridgehead atoms. The molecule has 0 amide bonds. The highest BCUT2D eigenvalue weighted by Gasteiger charge is 2.34. The van der Waals surface area contributed by atoms with Crippen molar-refractivity contribution in [2.45, 2.75) is 41.0 Å². The molecule has 1 atom stereocenters. The molecule has 4 nitrogen and oxygen atoms in total. The summed E-state index contributed by atoms with van der Waals surface area (Å²) in [5.74, 6) is -2.23. The van der Waals surface area contributed by atoms with Crippen LogP contribution in [-0.2, 0) is 19.1 Å². The average Bonchev–Trinajstić information content (AvgIpc) is 2.21. The molecule has 0 spiro atoms. The number of ether oxygens (including phenoxy) is 1. The van der Waals surface area contributed by atoms with E-state index in [0.29, 0.717) is 0 Å². The van der Waals surface area contributed by atoms with Crippen LogP contribution in [0.3, 0.4) is 0 Å². The fraction of sp³-hybridized carbons (Fsp3) is 0.769. The number of rotatable bonds is 5. The number of carbonyl (C=O) groups excluding carboxylic acids is 3. The highest BCUT2D eigenvalue weighted by molar-refractivity contribution is 6.03. The maximum absolute atomic E-state index is 11.9. The van der Waals surface area contributed by atoms with Gasteiger partial charge in [0, 0.05) is 17.8 Å². The summed E-state index contributed by atoms with van der Waals surface area (Å²) in [6, 6.07) is 0. The van der Waals surface area contributed by atoms with Crippen molar-refractivity contribution in [2.24, 2.45) is 17.3 Å². The molecule has 0 aliphatic rings. The van der Waals surface area contributed by atoms with Gasteiger partial charge in [-0.1, -0.05) is 34.6 Å². The van der Waals surface area contributed by atoms with Crippen LogP contribution in [0.5, 0.6) is 0 Å². The number of esters is 1. The third kappa shape index (κ3) is 4.67. The molecule has 0 aromatic rings. The zero-order chi connectivity index (χ0) is 13.8. The fourth-order valence-electron chi connectivity index (χ4n) is 1.34. The summed E-state index contributed by atoms with van der Waals surface area (Å²) in [4.78, 5) is 35.2. The fourth-order valence-corrected chi connectivity index (χ4v) is 1.34. The van der Waals surface area contributed by atoms with Gasteiger partial charge >= 0.3 is 5.97 Å². The van der Waals surface area contributed by atoms with Gasteiger partial charge in [-0.3, -0.25) is 14.4 Å². The average molecular weight is 242 g/mol. The zero-order valence-corrected chi connectivity index (χ0v) is 11.5. The topological polar surface area (TPSA) is 60.4 Å². The minimum atomic E-state index is -0.966. The van der Waals surface area contributed by atoms with Gasteiger partial charge in [-0.15, -0.1) is 0 Å². The standard InChI is InChI=1S/C13H22O4/c1-8(2)11(15)9(12(16)17-6)7-10(14)13(3,4)5/h8-9H,7H2,1-6H3. The van der Waals surface area contributed by atoms with E-state index in [4.69, 9.17) is 0 Å². The van der Waals surface area contributed by atoms with Gasteiger partial charge in [-0.05, 0) is 0 Å². The third-order valence-corrected chi connectivity index (χ3v) is 2.62. The second-order valence-electron chi connectivity index (χ2n) is 5.51. The van der Waals surface area contributed by atoms with E-state index in [2.05, 4.69) is 4.74 Å². The first kappa shape index (κ1) is 15.8. The Morgan fingerprint density at radius 3 is 1.88 bits per heavy atom. The molecule has 0 fully saturated rings. The van der Waals surface area contributed by atoms with Crippen LogP contribution < -0.4 is 0 Å². The van der Waals surface area contributed by atoms with Gasteiger partial charge in [0.1, 0.15) is 17.5 Å². The smallest absolute Gasteiger partial charge is 0.316 e. The van der Waals surface area contributed by atoms with E-state index in [1.54, 1.807) is 34.6 Å². The number of hydrogen-bond acceptors (Lipinski definition) is 4. The Labute approximate surface area is 103 Å². The predicted molar refractivity (Wildman–Crippen MR) is 64.4 cm³/mol. The van der Waals surface area contributed by atoms with Crippen molar-refractivity contribution in [1.29, 1.82) is 0 Å². The Morgan fingerprint density at radius 1 is 1.12 bits per heavy atom. The Bertz CT molecular complexity index is 310. The minimum Gasteiger partial charge on any atom is -0.468 e. The first-order valence-corrected chi connectivity index (χ1v) is 5.76. The molecular formula is C13H22O4. The molecule has 0 rings (SSSR count). The van der Waals surface area contributed by atoms with Gasteiger partial charge in [-0.25, -0.2) is 0 Å². The van der Waals surface area contributed by atoms with Gasteiger partial charge in [0.2, 0.25) is 0 Å². The Kier molecular flexibility index (Phi) is 5.52. The number of hydrogen-bond donors (Lipinski definition) is 0. The third-order valence-electron chi connectivity index (χ3n) is 2.62. The molecule has 0 heterocycles. The molecule has 0 radical (unpaired) electrons. The van der Waals surface area contributed by atoms with Crippen molar-refractivity contribution in [3.8, 4) is 0 Å². The summed E-state index contributed by atoms with van der Waals surface area (Å²) in [7, 11) is 1.23. The van der Waals surface area contributed by atoms with E-state index in [1.165, 1.54) is 7.11 Å². The SMILES string of the molecule is COC(=O)C(CC(=O)C(C)(C)C)C(=O)C(C)C. The summed E-state index contributed by atoms with van der Waals surface area (Å²) >= 11 is 0. The van der Waals surface area contributed by atoms with Gasteiger partial charge in [0.15, 0.2) is 0 Å². The lowest BCUT2D eigenvalue weighted by molar-refractivity contribution is -0.153. The molecule has 0 aliphatic carbocycles. The van der Waals surface area contributed by atoms with E-state index >= 15 is 0 Å². The van der Waals surface area contributed by atoms with Crippen molar-refractivity contribution < 1.29 is 19.1 Å². The summed E-state index contributed by atoms with van der Waals surface area (Å²) in [6.07, 6.45) is -0.0762. The molecule has 0 N–H and O–H groups in total. The molecule has 98 valence electrons. The summed E-state index contributed by atoms with van der Waals surface area (Å²) in [5.41, 5.74) is -0.552. The van der Waals surface area contributed by atoms with E-state index in [9.17, 15) is 14.4 Å². The van der Waals surface area contributed by atoms with Gasteiger partial charge in [-0.2, -0.15) is 0 Å². The lowest BCUT2D eigenvalue weighted by Crippen LogP contribution is -2.34. The quantitative estimate of drug-likeness (QED) is 0.546. The molecule has 0 aliphatic heterocycles. The number of ketones is 2. The van der Waals surface area contributed by atoms with Crippen LogP contribution >= 0.6 is 0 Å². The molecule has 4 heteroatoms. The lowest BCUT2D eigenvalue weighted by atomic mass is 9.82. The number of Topliss-reactive ketones (excluding diaryl/α,β-unsaturated/α-hetero) is 2. The van der Waals surface area contributed by atoms with Crippen LogP contribution in [0.1, 0.15) is 41.0 Å². The Hall–Kier alpha value is -1.19. The van der Waals surface area contributed by atoms with Crippen LogP contribution in [0.4, 0.5) is 0 Å². The van der Waals surface area contributed by atoms with Crippen LogP contribution in [-0.4, -0.2) is 24.6 Å². The number of methoxy groups -OCH3 is 1. The highest BCUT2D eigenvalue weighted by atomic mass is 16.5. The number of carbonyl (C=O) groups is 3. The van der Waals surface area contributed by atoms with Crippen LogP contribution in [0.25, 0.3) is 0 Å². The highest BCUT2D eigenvalue weighted by Crippen LogP contribution is 2.22. The summed E-state index contributed by atoms with van der Waals surface area (Å²) < 4.78 is 4.59. The summed E-state index contributed by atoms with van der Waals surface area (Å²) in [6.45, 7) is 8.72. The molecule has 0 aromatic heterocycles. The van der Waals surface area contributed by atoms with Crippen LogP contribution in [0.2, 0.25) is 0 Å². The molecular weight excluding hydrogens is 220 g/mol. The van der Waals surface area contributed by atoms with Gasteiger partial charge < -0.3 is 4.74 Å². The minimum absolute atomic E-state index is 0.0762. The second kappa shape index (κ2) is 5.94. The van der Waals surface area contributed by atoms with Crippen molar-refractivity contribution >= 4 is 17.5 Å². The molecule has 0 saturated heterocycles. The lowest BCUT2D eigenvalue weighted by Gasteiger charge is -2.21. The molecule has 0 saturated carbocycles. The first-order chi connectivity index (χ1) is 7.61. The Morgan fingerprint density at radius 2 is 1.59 bits per heavy atom. The van der Waals surface area contributed by atoms with Gasteiger partial charge in [0.25, 0.3) is 0 Å². The largest absolute Gasteiger partial charge is 0.468 e. The maximum Gasteiger partial charge on any atom is 0.316 e. The molecule has 0 aromatic carbocycles. The van der Waals surface area contributed by atoms with Crippen molar-refractivity contribution in [1.82, 2.24) is 0 Å². The van der Waals surface area contributed by atoms with Crippen molar-refractivity contribution in [3.63, 3.8) is 0 Å². The van der Waals surface area contributed by atoms with E-state index < -0.39 is 17.3 Å².